The van der Waals surface area contributed by atoms with Gasteiger partial charge in [-0.2, -0.15) is 5.10 Å². The predicted octanol–water partition coefficient (Wildman–Crippen LogP) is 2.25. The largest absolute Gasteiger partial charge is 0.356 e. The van der Waals surface area contributed by atoms with E-state index < -0.39 is 12.0 Å². The average Bonchev–Trinajstić information content (AvgIpc) is 3.24. The highest BCUT2D eigenvalue weighted by Gasteiger charge is 2.31. The lowest BCUT2D eigenvalue weighted by atomic mass is 10.1. The van der Waals surface area contributed by atoms with Crippen molar-refractivity contribution in [3.8, 4) is 11.5 Å². The molecule has 1 atom stereocenters. The summed E-state index contributed by atoms with van der Waals surface area (Å²) in [4.78, 5) is 16.9. The highest BCUT2D eigenvalue weighted by molar-refractivity contribution is 5.48. The molecule has 160 valence electrons. The molecule has 0 fully saturated rings. The number of aliphatic hydroxyl groups excluding tert-OH is 1. The molecule has 9 heteroatoms. The summed E-state index contributed by atoms with van der Waals surface area (Å²) in [7, 11) is 0. The maximum absolute atomic E-state index is 13.8. The van der Waals surface area contributed by atoms with Crippen molar-refractivity contribution in [3.63, 3.8) is 0 Å². The van der Waals surface area contributed by atoms with Gasteiger partial charge in [0.1, 0.15) is 11.6 Å². The van der Waals surface area contributed by atoms with E-state index in [1.54, 1.807) is 41.0 Å². The van der Waals surface area contributed by atoms with Crippen LogP contribution in [0.1, 0.15) is 37.6 Å². The van der Waals surface area contributed by atoms with Gasteiger partial charge in [-0.05, 0) is 51.5 Å². The molecule has 1 aliphatic rings. The van der Waals surface area contributed by atoms with Gasteiger partial charge in [0.05, 0.1) is 17.0 Å². The van der Waals surface area contributed by atoms with Gasteiger partial charge in [-0.3, -0.25) is 9.47 Å². The molecule has 1 unspecified atom stereocenters. The Labute approximate surface area is 173 Å². The number of aliphatic hydroxyl groups is 1. The van der Waals surface area contributed by atoms with Crippen molar-refractivity contribution in [2.75, 3.05) is 6.54 Å². The molecule has 2 N–H and O–H groups in total. The smallest absolute Gasteiger partial charge is 0.331 e. The second kappa shape index (κ2) is 7.50. The third-order valence-electron chi connectivity index (χ3n) is 5.07. The van der Waals surface area contributed by atoms with E-state index in [4.69, 9.17) is 9.84 Å². The monoisotopic (exact) mass is 415 g/mol. The number of benzene rings is 1. The van der Waals surface area contributed by atoms with E-state index in [0.717, 1.165) is 11.3 Å². The first-order valence-electron chi connectivity index (χ1n) is 9.88. The topological polar surface area (TPSA) is 88.3 Å². The third kappa shape index (κ3) is 3.83. The van der Waals surface area contributed by atoms with Gasteiger partial charge in [-0.15, -0.1) is 0 Å². The summed E-state index contributed by atoms with van der Waals surface area (Å²) in [5.74, 6) is 0.263. The molecule has 1 aliphatic heterocycles. The van der Waals surface area contributed by atoms with Crippen LogP contribution in [0.2, 0.25) is 0 Å². The second-order valence-corrected chi connectivity index (χ2v) is 8.51. The van der Waals surface area contributed by atoms with Crippen LogP contribution < -0.4 is 5.69 Å². The minimum absolute atomic E-state index is 0.301. The lowest BCUT2D eigenvalue weighted by Crippen LogP contribution is -2.44. The van der Waals surface area contributed by atoms with Crippen molar-refractivity contribution in [1.29, 1.82) is 0 Å². The van der Waals surface area contributed by atoms with Gasteiger partial charge < -0.3 is 14.8 Å². The van der Waals surface area contributed by atoms with Crippen LogP contribution in [-0.2, 0) is 17.7 Å². The van der Waals surface area contributed by atoms with Crippen LogP contribution in [-0.4, -0.2) is 47.9 Å². The highest BCUT2D eigenvalue weighted by Crippen LogP contribution is 2.29. The van der Waals surface area contributed by atoms with Gasteiger partial charge in [0.2, 0.25) is 6.41 Å². The molecule has 3 heterocycles. The lowest BCUT2D eigenvalue weighted by Gasteiger charge is -2.34. The van der Waals surface area contributed by atoms with Crippen LogP contribution >= 0.6 is 0 Å². The number of rotatable bonds is 4. The van der Waals surface area contributed by atoms with Crippen LogP contribution in [0.25, 0.3) is 11.5 Å². The minimum atomic E-state index is -1.08. The molecule has 0 aliphatic carbocycles. The summed E-state index contributed by atoms with van der Waals surface area (Å²) in [5, 5.41) is 15.3. The SMILES string of the molecule is Cc1cc(-n2nc3c(c2-n2cc[nH]c2=O)CN(C(O)OC(C)(C)C)CC3)ccc1F. The number of aryl methyl sites for hydroxylation is 1. The van der Waals surface area contributed by atoms with Crippen LogP contribution in [0, 0.1) is 12.7 Å². The molecule has 4 rings (SSSR count). The lowest BCUT2D eigenvalue weighted by molar-refractivity contribution is -0.242. The first-order chi connectivity index (χ1) is 14.1. The molecule has 0 spiro atoms. The van der Waals surface area contributed by atoms with E-state index in [2.05, 4.69) is 4.98 Å². The number of aromatic nitrogens is 4. The van der Waals surface area contributed by atoms with Gasteiger partial charge in [0.15, 0.2) is 0 Å². The fourth-order valence-corrected chi connectivity index (χ4v) is 3.63. The van der Waals surface area contributed by atoms with Crippen molar-refractivity contribution < 1.29 is 14.2 Å². The van der Waals surface area contributed by atoms with Crippen LogP contribution in [0.5, 0.6) is 0 Å². The second-order valence-electron chi connectivity index (χ2n) is 8.51. The molecular formula is C21H26FN5O3. The van der Waals surface area contributed by atoms with Crippen molar-refractivity contribution in [2.24, 2.45) is 0 Å². The number of nitrogens with zero attached hydrogens (tertiary/aromatic N) is 4. The fourth-order valence-electron chi connectivity index (χ4n) is 3.63. The molecule has 0 bridgehead atoms. The molecule has 0 saturated heterocycles. The molecule has 0 saturated carbocycles. The van der Waals surface area contributed by atoms with E-state index in [1.807, 2.05) is 20.8 Å². The Hall–Kier alpha value is -2.75. The van der Waals surface area contributed by atoms with E-state index in [1.165, 1.54) is 10.6 Å². The van der Waals surface area contributed by atoms with Gasteiger partial charge in [0.25, 0.3) is 0 Å². The highest BCUT2D eigenvalue weighted by atomic mass is 19.1. The quantitative estimate of drug-likeness (QED) is 0.638. The number of nitrogens with one attached hydrogen (secondary N) is 1. The molecule has 8 nitrogen and oxygen atoms in total. The number of ether oxygens (including phenoxy) is 1. The zero-order chi connectivity index (χ0) is 21.6. The average molecular weight is 415 g/mol. The standard InChI is InChI=1S/C21H26FN5O3/c1-13-11-14(5-6-16(13)22)27-18(26-10-8-23-19(26)28)15-12-25(9-7-17(15)24-27)20(29)30-21(2,3)4/h5-6,8,10-11,20,29H,7,9,12H2,1-4H3,(H,23,28). The third-order valence-corrected chi connectivity index (χ3v) is 5.07. The number of hydrogen-bond acceptors (Lipinski definition) is 5. The van der Waals surface area contributed by atoms with Crippen LogP contribution in [0.4, 0.5) is 4.39 Å². The molecule has 30 heavy (non-hydrogen) atoms. The zero-order valence-electron chi connectivity index (χ0n) is 17.5. The normalized spacial score (nSPS) is 15.9. The number of halogens is 1. The first kappa shape index (κ1) is 20.5. The summed E-state index contributed by atoms with van der Waals surface area (Å²) in [6, 6.07) is 4.73. The number of fused-ring (bicyclic) bond motifs is 1. The summed E-state index contributed by atoms with van der Waals surface area (Å²) < 4.78 is 22.7. The Morgan fingerprint density at radius 1 is 1.33 bits per heavy atom. The summed E-state index contributed by atoms with van der Waals surface area (Å²) in [6.45, 7) is 8.25. The molecule has 2 aromatic heterocycles. The Kier molecular flexibility index (Phi) is 5.13. The van der Waals surface area contributed by atoms with Crippen LogP contribution in [0.15, 0.2) is 35.4 Å². The molecule has 1 aromatic carbocycles. The van der Waals surface area contributed by atoms with Gasteiger partial charge in [0, 0.05) is 37.5 Å². The van der Waals surface area contributed by atoms with Crippen molar-refractivity contribution in [1.82, 2.24) is 24.2 Å². The van der Waals surface area contributed by atoms with Crippen LogP contribution in [0.3, 0.4) is 0 Å². The zero-order valence-corrected chi connectivity index (χ0v) is 17.5. The first-order valence-corrected chi connectivity index (χ1v) is 9.88. The number of imidazole rings is 1. The van der Waals surface area contributed by atoms with E-state index in [9.17, 15) is 14.3 Å². The minimum Gasteiger partial charge on any atom is -0.356 e. The van der Waals surface area contributed by atoms with Crippen molar-refractivity contribution >= 4 is 0 Å². The molecular weight excluding hydrogens is 389 g/mol. The Morgan fingerprint density at radius 3 is 2.73 bits per heavy atom. The molecule has 0 radical (unpaired) electrons. The Bertz CT molecular complexity index is 1120. The number of hydrogen-bond donors (Lipinski definition) is 2. The summed E-state index contributed by atoms with van der Waals surface area (Å²) in [5.41, 5.74) is 1.99. The maximum Gasteiger partial charge on any atom is 0.331 e. The van der Waals surface area contributed by atoms with E-state index >= 15 is 0 Å². The van der Waals surface area contributed by atoms with Crippen molar-refractivity contribution in [2.45, 2.75) is 52.7 Å². The number of aromatic amines is 1. The fraction of sp³-hybridized carbons (Fsp3) is 0.429. The molecule has 3 aromatic rings. The van der Waals surface area contributed by atoms with Gasteiger partial charge in [-0.25, -0.2) is 13.9 Å². The van der Waals surface area contributed by atoms with Crippen molar-refractivity contribution in [3.05, 3.63) is 63.7 Å². The predicted molar refractivity (Wildman–Crippen MR) is 109 cm³/mol. The summed E-state index contributed by atoms with van der Waals surface area (Å²) in [6.07, 6.45) is 2.69. The maximum atomic E-state index is 13.8. The Morgan fingerprint density at radius 2 is 2.10 bits per heavy atom. The number of H-pyrrole nitrogens is 1. The van der Waals surface area contributed by atoms with E-state index in [-0.39, 0.29) is 11.5 Å². The van der Waals surface area contributed by atoms with Gasteiger partial charge in [-0.1, -0.05) is 0 Å². The Balaban J connectivity index is 1.81. The van der Waals surface area contributed by atoms with Gasteiger partial charge >= 0.3 is 5.69 Å². The molecule has 0 amide bonds. The van der Waals surface area contributed by atoms with E-state index in [0.29, 0.717) is 36.6 Å². The summed E-state index contributed by atoms with van der Waals surface area (Å²) >= 11 is 0.